The number of anilines is 2. The van der Waals surface area contributed by atoms with Gasteiger partial charge in [-0.05, 0) is 49.4 Å². The number of hydrogen-bond acceptors (Lipinski definition) is 8. The summed E-state index contributed by atoms with van der Waals surface area (Å²) >= 11 is 0. The van der Waals surface area contributed by atoms with Gasteiger partial charge in [-0.15, -0.1) is 0 Å². The summed E-state index contributed by atoms with van der Waals surface area (Å²) in [4.78, 5) is 25.0. The Labute approximate surface area is 201 Å². The number of carbonyl (C=O) groups excluding carboxylic acids is 2. The van der Waals surface area contributed by atoms with E-state index in [2.05, 4.69) is 10.0 Å². The van der Waals surface area contributed by atoms with Crippen molar-refractivity contribution in [1.82, 2.24) is 0 Å². The van der Waals surface area contributed by atoms with Crippen molar-refractivity contribution < 1.29 is 37.0 Å². The predicted octanol–water partition coefficient (Wildman–Crippen LogP) is 3.41. The lowest BCUT2D eigenvalue weighted by molar-refractivity contribution is -0.123. The van der Waals surface area contributed by atoms with Crippen LogP contribution in [0, 0.1) is 0 Å². The van der Waals surface area contributed by atoms with Gasteiger partial charge in [0, 0.05) is 11.8 Å². The summed E-state index contributed by atoms with van der Waals surface area (Å²) in [7, 11) is -2.61. The van der Waals surface area contributed by atoms with Crippen molar-refractivity contribution in [3.8, 4) is 17.2 Å². The minimum absolute atomic E-state index is 0.0318. The van der Waals surface area contributed by atoms with Crippen molar-refractivity contribution in [2.24, 2.45) is 0 Å². The molecule has 0 saturated carbocycles. The van der Waals surface area contributed by atoms with E-state index in [1.165, 1.54) is 38.3 Å². The molecule has 1 aliphatic rings. The number of benzene rings is 3. The third kappa shape index (κ3) is 5.46. The Morgan fingerprint density at radius 1 is 0.971 bits per heavy atom. The van der Waals surface area contributed by atoms with Crippen molar-refractivity contribution in [1.29, 1.82) is 0 Å². The number of fused-ring (bicyclic) bond motifs is 1. The maximum absolute atomic E-state index is 12.9. The van der Waals surface area contributed by atoms with Gasteiger partial charge in [0.2, 0.25) is 6.79 Å². The maximum Gasteiger partial charge on any atom is 0.338 e. The molecule has 0 spiro atoms. The standard InChI is InChI=1S/C24H22N2O8S/c1-15(23(27)25-17-10-11-21-22(13-17)33-14-32-21)34-24(28)16-6-5-7-18(12-16)35(29,30)26-19-8-3-4-9-20(19)31-2/h3-13,15,26H,14H2,1-2H3,(H,25,27)/t15-/m1/s1. The monoisotopic (exact) mass is 498 g/mol. The molecule has 182 valence electrons. The number of para-hydroxylation sites is 2. The highest BCUT2D eigenvalue weighted by molar-refractivity contribution is 7.92. The number of sulfonamides is 1. The van der Waals surface area contributed by atoms with E-state index in [-0.39, 0.29) is 22.9 Å². The molecule has 0 radical (unpaired) electrons. The molecule has 2 N–H and O–H groups in total. The first-order chi connectivity index (χ1) is 16.8. The fourth-order valence-corrected chi connectivity index (χ4v) is 4.34. The minimum Gasteiger partial charge on any atom is -0.495 e. The van der Waals surface area contributed by atoms with Crippen LogP contribution in [0.15, 0.2) is 71.6 Å². The van der Waals surface area contributed by atoms with Gasteiger partial charge < -0.3 is 24.3 Å². The lowest BCUT2D eigenvalue weighted by atomic mass is 10.2. The number of hydrogen-bond donors (Lipinski definition) is 2. The molecule has 3 aromatic rings. The summed E-state index contributed by atoms with van der Waals surface area (Å²) in [5.41, 5.74) is 0.657. The Bertz CT molecular complexity index is 1370. The molecule has 3 aromatic carbocycles. The molecule has 0 aliphatic carbocycles. The van der Waals surface area contributed by atoms with E-state index in [0.717, 1.165) is 0 Å². The molecule has 4 rings (SSSR count). The molecule has 10 nitrogen and oxygen atoms in total. The molecule has 0 bridgehead atoms. The Morgan fingerprint density at radius 2 is 1.74 bits per heavy atom. The number of esters is 1. The van der Waals surface area contributed by atoms with Gasteiger partial charge in [-0.25, -0.2) is 13.2 Å². The lowest BCUT2D eigenvalue weighted by Crippen LogP contribution is -2.30. The van der Waals surface area contributed by atoms with Gasteiger partial charge in [-0.2, -0.15) is 0 Å². The summed E-state index contributed by atoms with van der Waals surface area (Å²) in [6, 6.07) is 16.7. The molecule has 1 atom stereocenters. The van der Waals surface area contributed by atoms with Crippen LogP contribution in [0.1, 0.15) is 17.3 Å². The third-order valence-corrected chi connectivity index (χ3v) is 6.39. The van der Waals surface area contributed by atoms with Gasteiger partial charge in [0.05, 0.1) is 23.3 Å². The van der Waals surface area contributed by atoms with Crippen LogP contribution >= 0.6 is 0 Å². The first kappa shape index (κ1) is 23.9. The van der Waals surface area contributed by atoms with E-state index in [4.69, 9.17) is 18.9 Å². The molecule has 1 aliphatic heterocycles. The van der Waals surface area contributed by atoms with Crippen LogP contribution in [0.25, 0.3) is 0 Å². The fraction of sp³-hybridized carbons (Fsp3) is 0.167. The van der Waals surface area contributed by atoms with Gasteiger partial charge in [0.25, 0.3) is 15.9 Å². The van der Waals surface area contributed by atoms with Crippen molar-refractivity contribution in [2.45, 2.75) is 17.9 Å². The molecule has 1 heterocycles. The zero-order valence-corrected chi connectivity index (χ0v) is 19.6. The molecule has 0 fully saturated rings. The van der Waals surface area contributed by atoms with E-state index in [1.54, 1.807) is 42.5 Å². The summed E-state index contributed by atoms with van der Waals surface area (Å²) in [5.74, 6) is -0.0230. The average Bonchev–Trinajstić information content (AvgIpc) is 3.32. The Hall–Kier alpha value is -4.25. The number of nitrogens with one attached hydrogen (secondary N) is 2. The topological polar surface area (TPSA) is 129 Å². The first-order valence-electron chi connectivity index (χ1n) is 10.4. The van der Waals surface area contributed by atoms with E-state index < -0.39 is 28.0 Å². The smallest absolute Gasteiger partial charge is 0.338 e. The van der Waals surface area contributed by atoms with E-state index in [9.17, 15) is 18.0 Å². The third-order valence-electron chi connectivity index (χ3n) is 5.02. The molecule has 0 saturated heterocycles. The minimum atomic E-state index is -4.03. The van der Waals surface area contributed by atoms with Crippen LogP contribution in [-0.2, 0) is 19.6 Å². The summed E-state index contributed by atoms with van der Waals surface area (Å²) in [6.45, 7) is 1.51. The first-order valence-corrected chi connectivity index (χ1v) is 11.9. The van der Waals surface area contributed by atoms with E-state index >= 15 is 0 Å². The Kier molecular flexibility index (Phi) is 6.78. The van der Waals surface area contributed by atoms with Crippen molar-refractivity contribution in [3.63, 3.8) is 0 Å². The molecule has 11 heteroatoms. The Morgan fingerprint density at radius 3 is 2.54 bits per heavy atom. The van der Waals surface area contributed by atoms with Crippen LogP contribution in [0.5, 0.6) is 17.2 Å². The molecular weight excluding hydrogens is 476 g/mol. The molecule has 35 heavy (non-hydrogen) atoms. The average molecular weight is 499 g/mol. The highest BCUT2D eigenvalue weighted by Crippen LogP contribution is 2.34. The lowest BCUT2D eigenvalue weighted by Gasteiger charge is -2.15. The van der Waals surface area contributed by atoms with Crippen LogP contribution in [0.2, 0.25) is 0 Å². The second-order valence-corrected chi connectivity index (χ2v) is 9.12. The number of methoxy groups -OCH3 is 1. The Balaban J connectivity index is 1.43. The van der Waals surface area contributed by atoms with E-state index in [0.29, 0.717) is 22.9 Å². The second-order valence-electron chi connectivity index (χ2n) is 7.44. The van der Waals surface area contributed by atoms with Gasteiger partial charge in [-0.3, -0.25) is 9.52 Å². The van der Waals surface area contributed by atoms with Gasteiger partial charge >= 0.3 is 5.97 Å². The SMILES string of the molecule is COc1ccccc1NS(=O)(=O)c1cccc(C(=O)O[C@H](C)C(=O)Nc2ccc3c(c2)OCO3)c1. The highest BCUT2D eigenvalue weighted by Gasteiger charge is 2.23. The second kappa shape index (κ2) is 9.94. The van der Waals surface area contributed by atoms with Crippen molar-refractivity contribution >= 4 is 33.3 Å². The summed E-state index contributed by atoms with van der Waals surface area (Å²) < 4.78 is 49.1. The quantitative estimate of drug-likeness (QED) is 0.452. The normalized spacial score (nSPS) is 13.0. The number of rotatable bonds is 8. The number of carbonyl (C=O) groups is 2. The van der Waals surface area contributed by atoms with Crippen molar-refractivity contribution in [2.75, 3.05) is 23.9 Å². The molecular formula is C24H22N2O8S. The zero-order valence-electron chi connectivity index (χ0n) is 18.8. The summed E-state index contributed by atoms with van der Waals surface area (Å²) in [5, 5.41) is 2.63. The number of ether oxygens (including phenoxy) is 4. The van der Waals surface area contributed by atoms with Crippen LogP contribution in [-0.4, -0.2) is 40.3 Å². The highest BCUT2D eigenvalue weighted by atomic mass is 32.2. The van der Waals surface area contributed by atoms with E-state index in [1.807, 2.05) is 0 Å². The predicted molar refractivity (Wildman–Crippen MR) is 126 cm³/mol. The van der Waals surface area contributed by atoms with Crippen LogP contribution in [0.3, 0.4) is 0 Å². The molecule has 1 amide bonds. The van der Waals surface area contributed by atoms with Gasteiger partial charge in [0.1, 0.15) is 5.75 Å². The van der Waals surface area contributed by atoms with Gasteiger partial charge in [0.15, 0.2) is 17.6 Å². The summed E-state index contributed by atoms with van der Waals surface area (Å²) in [6.07, 6.45) is -1.15. The maximum atomic E-state index is 12.9. The van der Waals surface area contributed by atoms with Crippen LogP contribution in [0.4, 0.5) is 11.4 Å². The van der Waals surface area contributed by atoms with Gasteiger partial charge in [-0.1, -0.05) is 18.2 Å². The largest absolute Gasteiger partial charge is 0.495 e. The number of amides is 1. The molecule has 0 aromatic heterocycles. The zero-order chi connectivity index (χ0) is 25.0. The molecule has 0 unspecified atom stereocenters. The fourth-order valence-electron chi connectivity index (χ4n) is 3.22. The van der Waals surface area contributed by atoms with Crippen LogP contribution < -0.4 is 24.2 Å². The van der Waals surface area contributed by atoms with Crippen molar-refractivity contribution in [3.05, 3.63) is 72.3 Å².